The Hall–Kier alpha value is -1.54. The molecule has 0 aliphatic heterocycles. The molecule has 1 heterocycles. The molecule has 0 saturated heterocycles. The molecule has 1 aromatic heterocycles. The summed E-state index contributed by atoms with van der Waals surface area (Å²) in [7, 11) is 0. The number of aryl methyl sites for hydroxylation is 1. The molecule has 0 bridgehead atoms. The third kappa shape index (κ3) is 2.48. The van der Waals surface area contributed by atoms with E-state index >= 15 is 0 Å². The van der Waals surface area contributed by atoms with Crippen molar-refractivity contribution in [2.24, 2.45) is 0 Å². The van der Waals surface area contributed by atoms with Gasteiger partial charge in [-0.3, -0.25) is 0 Å². The van der Waals surface area contributed by atoms with Gasteiger partial charge in [0, 0.05) is 6.07 Å². The first kappa shape index (κ1) is 9.99. The van der Waals surface area contributed by atoms with Gasteiger partial charge in [-0.05, 0) is 24.6 Å². The fourth-order valence-electron chi connectivity index (χ4n) is 1.23. The number of ether oxygens (including phenoxy) is 1. The second kappa shape index (κ2) is 4.32. The number of benzene rings is 1. The van der Waals surface area contributed by atoms with Crippen molar-refractivity contribution in [1.29, 1.82) is 0 Å². The van der Waals surface area contributed by atoms with E-state index in [2.05, 4.69) is 4.98 Å². The maximum Gasteiger partial charge on any atom is 0.220 e. The molecule has 0 N–H and O–H groups in total. The summed E-state index contributed by atoms with van der Waals surface area (Å²) >= 11 is 5.76. The summed E-state index contributed by atoms with van der Waals surface area (Å²) in [6.45, 7) is 1.99. The molecular weight excluding hydrogens is 210 g/mol. The summed E-state index contributed by atoms with van der Waals surface area (Å²) < 4.78 is 5.59. The first-order valence-electron chi connectivity index (χ1n) is 4.62. The van der Waals surface area contributed by atoms with Crippen molar-refractivity contribution < 1.29 is 4.74 Å². The third-order valence-electron chi connectivity index (χ3n) is 2.00. The molecule has 0 spiro atoms. The van der Waals surface area contributed by atoms with E-state index in [1.807, 2.05) is 37.3 Å². The lowest BCUT2D eigenvalue weighted by Gasteiger charge is -2.06. The van der Waals surface area contributed by atoms with Crippen LogP contribution in [0.3, 0.4) is 0 Å². The normalized spacial score (nSPS) is 10.0. The van der Waals surface area contributed by atoms with E-state index in [4.69, 9.17) is 16.3 Å². The first-order valence-corrected chi connectivity index (χ1v) is 4.99. The van der Waals surface area contributed by atoms with E-state index in [0.29, 0.717) is 11.0 Å². The molecule has 3 heteroatoms. The third-order valence-corrected chi connectivity index (χ3v) is 2.21. The average Bonchev–Trinajstić information content (AvgIpc) is 2.22. The highest BCUT2D eigenvalue weighted by Crippen LogP contribution is 2.23. The Morgan fingerprint density at radius 3 is 2.60 bits per heavy atom. The summed E-state index contributed by atoms with van der Waals surface area (Å²) in [6, 6.07) is 13.1. The lowest BCUT2D eigenvalue weighted by molar-refractivity contribution is 0.459. The maximum absolute atomic E-state index is 5.76. The van der Waals surface area contributed by atoms with Crippen LogP contribution in [0.5, 0.6) is 11.6 Å². The van der Waals surface area contributed by atoms with Crippen molar-refractivity contribution in [3.05, 3.63) is 53.2 Å². The Labute approximate surface area is 93.5 Å². The van der Waals surface area contributed by atoms with E-state index in [-0.39, 0.29) is 0 Å². The maximum atomic E-state index is 5.76. The Kier molecular flexibility index (Phi) is 2.88. The molecule has 0 aliphatic rings. The van der Waals surface area contributed by atoms with Gasteiger partial charge in [-0.25, -0.2) is 4.98 Å². The van der Waals surface area contributed by atoms with Crippen LogP contribution in [0, 0.1) is 6.92 Å². The summed E-state index contributed by atoms with van der Waals surface area (Å²) in [4.78, 5) is 4.05. The number of aromatic nitrogens is 1. The largest absolute Gasteiger partial charge is 0.439 e. The van der Waals surface area contributed by atoms with Crippen LogP contribution in [0.25, 0.3) is 0 Å². The number of para-hydroxylation sites is 1. The van der Waals surface area contributed by atoms with E-state index in [1.54, 1.807) is 12.1 Å². The second-order valence-corrected chi connectivity index (χ2v) is 3.55. The standard InChI is InChI=1S/C12H10ClNO/c1-9-5-2-3-6-10(9)15-12-8-4-7-11(13)14-12/h2-8H,1H3. The fraction of sp³-hybridized carbons (Fsp3) is 0.0833. The fourth-order valence-corrected chi connectivity index (χ4v) is 1.39. The van der Waals surface area contributed by atoms with E-state index in [0.717, 1.165) is 11.3 Å². The molecule has 0 unspecified atom stereocenters. The van der Waals surface area contributed by atoms with Crippen molar-refractivity contribution in [3.8, 4) is 11.6 Å². The highest BCUT2D eigenvalue weighted by Gasteiger charge is 2.01. The zero-order chi connectivity index (χ0) is 10.7. The average molecular weight is 220 g/mol. The molecule has 0 amide bonds. The van der Waals surface area contributed by atoms with Crippen molar-refractivity contribution in [1.82, 2.24) is 4.98 Å². The summed E-state index contributed by atoms with van der Waals surface area (Å²) in [5.41, 5.74) is 1.07. The van der Waals surface area contributed by atoms with Crippen molar-refractivity contribution in [2.45, 2.75) is 6.92 Å². The van der Waals surface area contributed by atoms with Gasteiger partial charge in [0.25, 0.3) is 0 Å². The minimum Gasteiger partial charge on any atom is -0.439 e. The number of hydrogen-bond donors (Lipinski definition) is 0. The Bertz CT molecular complexity index is 471. The minimum atomic E-state index is 0.432. The lowest BCUT2D eigenvalue weighted by Crippen LogP contribution is -1.89. The van der Waals surface area contributed by atoms with E-state index < -0.39 is 0 Å². The number of halogens is 1. The molecule has 1 aromatic carbocycles. The van der Waals surface area contributed by atoms with Gasteiger partial charge in [0.05, 0.1) is 0 Å². The van der Waals surface area contributed by atoms with E-state index in [1.165, 1.54) is 0 Å². The predicted octanol–water partition coefficient (Wildman–Crippen LogP) is 3.84. The Morgan fingerprint density at radius 1 is 1.07 bits per heavy atom. The monoisotopic (exact) mass is 219 g/mol. The molecule has 0 radical (unpaired) electrons. The zero-order valence-corrected chi connectivity index (χ0v) is 9.03. The number of rotatable bonds is 2. The summed E-state index contributed by atoms with van der Waals surface area (Å²) in [6.07, 6.45) is 0. The van der Waals surface area contributed by atoms with Gasteiger partial charge in [-0.2, -0.15) is 0 Å². The van der Waals surface area contributed by atoms with Crippen LogP contribution in [-0.4, -0.2) is 4.98 Å². The van der Waals surface area contributed by atoms with Gasteiger partial charge in [0.15, 0.2) is 0 Å². The van der Waals surface area contributed by atoms with Crippen LogP contribution in [0.1, 0.15) is 5.56 Å². The van der Waals surface area contributed by atoms with Crippen LogP contribution in [0.15, 0.2) is 42.5 Å². The van der Waals surface area contributed by atoms with Crippen LogP contribution in [-0.2, 0) is 0 Å². The molecular formula is C12H10ClNO. The molecule has 15 heavy (non-hydrogen) atoms. The molecule has 2 rings (SSSR count). The molecule has 2 nitrogen and oxygen atoms in total. The van der Waals surface area contributed by atoms with Gasteiger partial charge in [-0.1, -0.05) is 35.9 Å². The minimum absolute atomic E-state index is 0.432. The molecule has 2 aromatic rings. The Balaban J connectivity index is 2.26. The smallest absolute Gasteiger partial charge is 0.220 e. The van der Waals surface area contributed by atoms with Gasteiger partial charge >= 0.3 is 0 Å². The molecule has 0 saturated carbocycles. The van der Waals surface area contributed by atoms with Gasteiger partial charge in [-0.15, -0.1) is 0 Å². The van der Waals surface area contributed by atoms with Crippen LogP contribution in [0.4, 0.5) is 0 Å². The summed E-state index contributed by atoms with van der Waals surface area (Å²) in [5.74, 6) is 1.31. The van der Waals surface area contributed by atoms with Crippen molar-refractivity contribution in [3.63, 3.8) is 0 Å². The quantitative estimate of drug-likeness (QED) is 0.716. The number of pyridine rings is 1. The molecule has 0 atom stereocenters. The van der Waals surface area contributed by atoms with Crippen LogP contribution in [0.2, 0.25) is 5.15 Å². The van der Waals surface area contributed by atoms with Crippen molar-refractivity contribution in [2.75, 3.05) is 0 Å². The van der Waals surface area contributed by atoms with Crippen LogP contribution < -0.4 is 4.74 Å². The number of nitrogens with zero attached hydrogens (tertiary/aromatic N) is 1. The van der Waals surface area contributed by atoms with Crippen molar-refractivity contribution >= 4 is 11.6 Å². The highest BCUT2D eigenvalue weighted by molar-refractivity contribution is 6.29. The molecule has 76 valence electrons. The summed E-state index contributed by atoms with van der Waals surface area (Å²) in [5, 5.41) is 0.432. The lowest BCUT2D eigenvalue weighted by atomic mass is 10.2. The Morgan fingerprint density at radius 2 is 1.87 bits per heavy atom. The van der Waals surface area contributed by atoms with Gasteiger partial charge < -0.3 is 4.74 Å². The van der Waals surface area contributed by atoms with Gasteiger partial charge in [0.2, 0.25) is 5.88 Å². The molecule has 0 fully saturated rings. The highest BCUT2D eigenvalue weighted by atomic mass is 35.5. The SMILES string of the molecule is Cc1ccccc1Oc1cccc(Cl)n1. The molecule has 0 aliphatic carbocycles. The number of hydrogen-bond acceptors (Lipinski definition) is 2. The van der Waals surface area contributed by atoms with Gasteiger partial charge in [0.1, 0.15) is 10.9 Å². The second-order valence-electron chi connectivity index (χ2n) is 3.17. The zero-order valence-electron chi connectivity index (χ0n) is 8.27. The van der Waals surface area contributed by atoms with E-state index in [9.17, 15) is 0 Å². The van der Waals surface area contributed by atoms with Crippen LogP contribution >= 0.6 is 11.6 Å². The first-order chi connectivity index (χ1) is 7.25. The predicted molar refractivity (Wildman–Crippen MR) is 60.5 cm³/mol. The topological polar surface area (TPSA) is 22.1 Å².